The summed E-state index contributed by atoms with van der Waals surface area (Å²) in [5.74, 6) is 0.0245. The Morgan fingerprint density at radius 3 is 2.42 bits per heavy atom. The number of ether oxygens (including phenoxy) is 1. The molecule has 0 spiro atoms. The Morgan fingerprint density at radius 1 is 1.07 bits per heavy atom. The fraction of sp³-hybridized carbons (Fsp3) is 0.433. The summed E-state index contributed by atoms with van der Waals surface area (Å²) in [5.41, 5.74) is 2.17. The first-order valence-electron chi connectivity index (χ1n) is 13.9. The summed E-state index contributed by atoms with van der Waals surface area (Å²) in [6.45, 7) is 5.80. The van der Waals surface area contributed by atoms with Crippen molar-refractivity contribution in [1.29, 1.82) is 0 Å². The summed E-state index contributed by atoms with van der Waals surface area (Å²) in [6.07, 6.45) is 1.94. The van der Waals surface area contributed by atoms with E-state index in [-0.39, 0.29) is 29.5 Å². The minimum absolute atomic E-state index is 0.157. The van der Waals surface area contributed by atoms with Gasteiger partial charge in [0.1, 0.15) is 5.82 Å². The normalized spacial score (nSPS) is 22.8. The van der Waals surface area contributed by atoms with Gasteiger partial charge in [0.05, 0.1) is 28.7 Å². The number of carbonyl (C=O) groups is 1. The molecular formula is C30H34FN3O4S2. The smallest absolute Gasteiger partial charge is 0.268 e. The van der Waals surface area contributed by atoms with E-state index in [1.807, 2.05) is 34.5 Å². The topological polar surface area (TPSA) is 70.2 Å². The van der Waals surface area contributed by atoms with Gasteiger partial charge in [-0.15, -0.1) is 11.3 Å². The van der Waals surface area contributed by atoms with E-state index in [0.717, 1.165) is 18.4 Å². The van der Waals surface area contributed by atoms with E-state index in [1.54, 1.807) is 33.5 Å². The summed E-state index contributed by atoms with van der Waals surface area (Å²) in [7, 11) is -3.56. The number of hydrogen-bond acceptors (Lipinski definition) is 6. The largest absolute Gasteiger partial charge is 0.378 e. The quantitative estimate of drug-likeness (QED) is 0.359. The van der Waals surface area contributed by atoms with Gasteiger partial charge in [-0.25, -0.2) is 12.8 Å². The molecule has 3 aliphatic rings. The maximum absolute atomic E-state index is 15.3. The van der Waals surface area contributed by atoms with Crippen LogP contribution in [0.25, 0.3) is 0 Å². The van der Waals surface area contributed by atoms with Crippen LogP contribution in [0.4, 0.5) is 15.8 Å². The second-order valence-electron chi connectivity index (χ2n) is 10.8. The lowest BCUT2D eigenvalue weighted by atomic mass is 10.1. The molecule has 0 bridgehead atoms. The van der Waals surface area contributed by atoms with Crippen LogP contribution in [0, 0.1) is 23.6 Å². The Morgan fingerprint density at radius 2 is 1.80 bits per heavy atom. The molecule has 2 atom stereocenters. The number of carbonyl (C=O) groups excluding carboxylic acids is 1. The van der Waals surface area contributed by atoms with Gasteiger partial charge in [0.2, 0.25) is 10.0 Å². The lowest BCUT2D eigenvalue weighted by Gasteiger charge is -2.30. The molecule has 1 saturated carbocycles. The first-order valence-corrected chi connectivity index (χ1v) is 16.3. The van der Waals surface area contributed by atoms with Gasteiger partial charge in [-0.1, -0.05) is 31.5 Å². The third-order valence-electron chi connectivity index (χ3n) is 8.40. The predicted molar refractivity (Wildman–Crippen MR) is 155 cm³/mol. The number of morpholine rings is 1. The van der Waals surface area contributed by atoms with E-state index in [4.69, 9.17) is 4.74 Å². The average molecular weight is 584 g/mol. The highest BCUT2D eigenvalue weighted by Crippen LogP contribution is 2.53. The van der Waals surface area contributed by atoms with Crippen molar-refractivity contribution in [3.05, 3.63) is 76.2 Å². The van der Waals surface area contributed by atoms with Crippen LogP contribution in [0.2, 0.25) is 0 Å². The average Bonchev–Trinajstić information content (AvgIpc) is 3.35. The number of nitrogens with zero attached hydrogens (tertiary/aromatic N) is 3. The van der Waals surface area contributed by atoms with E-state index >= 15 is 4.39 Å². The number of piperidine rings is 1. The van der Waals surface area contributed by atoms with Crippen molar-refractivity contribution in [2.45, 2.75) is 24.7 Å². The highest BCUT2D eigenvalue weighted by Gasteiger charge is 2.58. The number of rotatable bonds is 9. The molecule has 212 valence electrons. The number of aryl methyl sites for hydroxylation is 1. The molecule has 2 saturated heterocycles. The SMILES string of the molecule is CCCc1ccc(S(=O)(=O)N2CC3C(CN(C(=O)c4cccs4)c4ccc(N5CCOCC5)c(F)c4)C3C2)cc1. The van der Waals surface area contributed by atoms with Crippen LogP contribution in [0.1, 0.15) is 28.6 Å². The number of fused-ring (bicyclic) bond motifs is 1. The molecule has 2 aromatic carbocycles. The molecule has 3 aromatic rings. The van der Waals surface area contributed by atoms with E-state index in [9.17, 15) is 13.2 Å². The second kappa shape index (κ2) is 11.2. The van der Waals surface area contributed by atoms with E-state index < -0.39 is 10.0 Å². The van der Waals surface area contributed by atoms with Crippen molar-refractivity contribution >= 4 is 38.6 Å². The maximum Gasteiger partial charge on any atom is 0.268 e. The van der Waals surface area contributed by atoms with Gasteiger partial charge in [-0.2, -0.15) is 4.31 Å². The molecule has 1 aromatic heterocycles. The van der Waals surface area contributed by atoms with Gasteiger partial charge in [0.15, 0.2) is 0 Å². The number of sulfonamides is 1. The van der Waals surface area contributed by atoms with Gasteiger partial charge in [0.25, 0.3) is 5.91 Å². The van der Waals surface area contributed by atoms with E-state index in [0.29, 0.717) is 67.1 Å². The molecule has 2 aliphatic heterocycles. The number of anilines is 2. The van der Waals surface area contributed by atoms with Crippen LogP contribution in [0.5, 0.6) is 0 Å². The first kappa shape index (κ1) is 27.4. The van der Waals surface area contributed by atoms with E-state index in [1.165, 1.54) is 17.4 Å². The summed E-state index contributed by atoms with van der Waals surface area (Å²) in [6, 6.07) is 15.8. The van der Waals surface area contributed by atoms with Crippen LogP contribution in [-0.4, -0.2) is 64.6 Å². The molecule has 10 heteroatoms. The fourth-order valence-electron chi connectivity index (χ4n) is 6.12. The van der Waals surface area contributed by atoms with Crippen LogP contribution in [0.3, 0.4) is 0 Å². The number of thiophene rings is 1. The van der Waals surface area contributed by atoms with Crippen molar-refractivity contribution in [2.75, 3.05) is 55.7 Å². The van der Waals surface area contributed by atoms with Crippen molar-refractivity contribution in [3.8, 4) is 0 Å². The number of hydrogen-bond donors (Lipinski definition) is 0. The van der Waals surface area contributed by atoms with Crippen LogP contribution >= 0.6 is 11.3 Å². The molecule has 0 radical (unpaired) electrons. The van der Waals surface area contributed by atoms with Gasteiger partial charge in [-0.3, -0.25) is 4.79 Å². The molecule has 40 heavy (non-hydrogen) atoms. The van der Waals surface area contributed by atoms with Crippen molar-refractivity contribution in [2.24, 2.45) is 17.8 Å². The van der Waals surface area contributed by atoms with Gasteiger partial charge < -0.3 is 14.5 Å². The lowest BCUT2D eigenvalue weighted by molar-refractivity contribution is 0.0988. The minimum Gasteiger partial charge on any atom is -0.378 e. The lowest BCUT2D eigenvalue weighted by Crippen LogP contribution is -2.37. The predicted octanol–water partition coefficient (Wildman–Crippen LogP) is 4.89. The molecule has 3 heterocycles. The van der Waals surface area contributed by atoms with Gasteiger partial charge in [0, 0.05) is 38.4 Å². The van der Waals surface area contributed by atoms with Crippen LogP contribution in [0.15, 0.2) is 64.9 Å². The third-order valence-corrected chi connectivity index (χ3v) is 11.1. The molecule has 2 unspecified atom stereocenters. The highest BCUT2D eigenvalue weighted by atomic mass is 32.2. The molecule has 1 aliphatic carbocycles. The highest BCUT2D eigenvalue weighted by molar-refractivity contribution is 7.89. The van der Waals surface area contributed by atoms with Crippen molar-refractivity contribution in [3.63, 3.8) is 0 Å². The Labute approximate surface area is 239 Å². The van der Waals surface area contributed by atoms with Gasteiger partial charge >= 0.3 is 0 Å². The number of amides is 1. The van der Waals surface area contributed by atoms with Crippen molar-refractivity contribution < 1.29 is 22.3 Å². The Kier molecular flexibility index (Phi) is 7.69. The summed E-state index contributed by atoms with van der Waals surface area (Å²) in [4.78, 5) is 18.1. The Bertz CT molecular complexity index is 1440. The monoisotopic (exact) mass is 583 g/mol. The number of halogens is 1. The zero-order chi connectivity index (χ0) is 27.9. The third kappa shape index (κ3) is 5.30. The van der Waals surface area contributed by atoms with E-state index in [2.05, 4.69) is 6.92 Å². The zero-order valence-corrected chi connectivity index (χ0v) is 24.2. The molecular weight excluding hydrogens is 549 g/mol. The summed E-state index contributed by atoms with van der Waals surface area (Å²) >= 11 is 1.36. The Balaban J connectivity index is 1.17. The molecule has 3 fully saturated rings. The molecule has 7 nitrogen and oxygen atoms in total. The molecule has 6 rings (SSSR count). The van der Waals surface area contributed by atoms with Crippen molar-refractivity contribution in [1.82, 2.24) is 4.31 Å². The maximum atomic E-state index is 15.3. The number of benzene rings is 2. The summed E-state index contributed by atoms with van der Waals surface area (Å²) < 4.78 is 48.9. The zero-order valence-electron chi connectivity index (χ0n) is 22.5. The fourth-order valence-corrected chi connectivity index (χ4v) is 8.30. The minimum atomic E-state index is -3.56. The molecule has 0 N–H and O–H groups in total. The standard InChI is InChI=1S/C30H34FN3O4S2/c1-2-4-21-6-9-23(10-7-21)40(36,37)33-18-24-25(19-33)26(24)20-34(30(35)29-5-3-16-39-29)22-8-11-28(27(31)17-22)32-12-14-38-15-13-32/h3,5-11,16-17,24-26H,2,4,12-15,18-20H2,1H3. The summed E-state index contributed by atoms with van der Waals surface area (Å²) in [5, 5.41) is 1.86. The first-order chi connectivity index (χ1) is 19.4. The second-order valence-corrected chi connectivity index (χ2v) is 13.7. The van der Waals surface area contributed by atoms with Crippen LogP contribution in [-0.2, 0) is 21.2 Å². The molecule has 1 amide bonds. The van der Waals surface area contributed by atoms with Crippen LogP contribution < -0.4 is 9.80 Å². The van der Waals surface area contributed by atoms with Gasteiger partial charge in [-0.05, 0) is 71.5 Å². The Hall–Kier alpha value is -2.79.